The van der Waals surface area contributed by atoms with E-state index in [1.807, 2.05) is 18.2 Å². The van der Waals surface area contributed by atoms with Gasteiger partial charge in [0.2, 0.25) is 5.91 Å². The van der Waals surface area contributed by atoms with Crippen molar-refractivity contribution in [2.75, 3.05) is 49.1 Å². The molecule has 38 heavy (non-hydrogen) atoms. The predicted molar refractivity (Wildman–Crippen MR) is 141 cm³/mol. The highest BCUT2D eigenvalue weighted by atomic mass is 16.6. The molecule has 5 rings (SSSR count). The SMILES string of the molecule is CCOC(=O)[C@@H]1CCCN(C(=O)[C@@H]2Cc3cc([N+](=O)[O-])ccc3N3CCN(c4ccccc4C#N)C[C@@H]23)C1. The first-order chi connectivity index (χ1) is 18.4. The van der Waals surface area contributed by atoms with Gasteiger partial charge in [0.25, 0.3) is 5.69 Å². The van der Waals surface area contributed by atoms with Gasteiger partial charge in [-0.2, -0.15) is 5.26 Å². The van der Waals surface area contributed by atoms with Gasteiger partial charge in [0.1, 0.15) is 6.07 Å². The lowest BCUT2D eigenvalue weighted by molar-refractivity contribution is -0.384. The van der Waals surface area contributed by atoms with E-state index in [4.69, 9.17) is 4.74 Å². The molecule has 1 amide bonds. The van der Waals surface area contributed by atoms with Crippen molar-refractivity contribution in [3.8, 4) is 6.07 Å². The van der Waals surface area contributed by atoms with E-state index in [2.05, 4.69) is 15.9 Å². The maximum Gasteiger partial charge on any atom is 0.310 e. The first-order valence-corrected chi connectivity index (χ1v) is 13.1. The fraction of sp³-hybridized carbons (Fsp3) is 0.464. The number of nitro benzene ring substituents is 1. The number of hydrogen-bond donors (Lipinski definition) is 0. The number of benzene rings is 2. The molecule has 0 bridgehead atoms. The van der Waals surface area contributed by atoms with Crippen LogP contribution in [-0.4, -0.2) is 67.1 Å². The highest BCUT2D eigenvalue weighted by Gasteiger charge is 2.44. The van der Waals surface area contributed by atoms with Crippen LogP contribution in [0.15, 0.2) is 42.5 Å². The Morgan fingerprint density at radius 2 is 1.95 bits per heavy atom. The Morgan fingerprint density at radius 1 is 1.13 bits per heavy atom. The average molecular weight is 518 g/mol. The predicted octanol–water partition coefficient (Wildman–Crippen LogP) is 3.14. The quantitative estimate of drug-likeness (QED) is 0.337. The van der Waals surface area contributed by atoms with Crippen LogP contribution in [0.5, 0.6) is 0 Å². The minimum Gasteiger partial charge on any atom is -0.466 e. The van der Waals surface area contributed by atoms with Crippen LogP contribution in [0.1, 0.15) is 30.9 Å². The number of rotatable bonds is 5. The van der Waals surface area contributed by atoms with E-state index in [9.17, 15) is 25.0 Å². The van der Waals surface area contributed by atoms with E-state index in [1.165, 1.54) is 6.07 Å². The molecule has 3 heterocycles. The van der Waals surface area contributed by atoms with Crippen LogP contribution in [0, 0.1) is 33.3 Å². The molecule has 0 aromatic heterocycles. The molecule has 2 aromatic carbocycles. The third kappa shape index (κ3) is 4.76. The van der Waals surface area contributed by atoms with Gasteiger partial charge in [0, 0.05) is 50.5 Å². The molecular weight excluding hydrogens is 486 g/mol. The van der Waals surface area contributed by atoms with Crippen molar-refractivity contribution < 1.29 is 19.2 Å². The van der Waals surface area contributed by atoms with Gasteiger partial charge in [-0.25, -0.2) is 0 Å². The Balaban J connectivity index is 1.47. The van der Waals surface area contributed by atoms with Gasteiger partial charge in [0.05, 0.1) is 40.7 Å². The zero-order valence-electron chi connectivity index (χ0n) is 21.4. The van der Waals surface area contributed by atoms with Gasteiger partial charge in [-0.1, -0.05) is 12.1 Å². The second-order valence-electron chi connectivity index (χ2n) is 10.1. The molecule has 10 nitrogen and oxygen atoms in total. The minimum absolute atomic E-state index is 0.00956. The summed E-state index contributed by atoms with van der Waals surface area (Å²) in [5.41, 5.74) is 3.15. The number of anilines is 2. The van der Waals surface area contributed by atoms with Crippen LogP contribution in [0.4, 0.5) is 17.1 Å². The normalized spacial score (nSPS) is 22.6. The van der Waals surface area contributed by atoms with E-state index in [1.54, 1.807) is 30.0 Å². The lowest BCUT2D eigenvalue weighted by atomic mass is 9.82. The van der Waals surface area contributed by atoms with Gasteiger partial charge in [0.15, 0.2) is 0 Å². The van der Waals surface area contributed by atoms with E-state index < -0.39 is 10.8 Å². The molecule has 198 valence electrons. The molecule has 10 heteroatoms. The van der Waals surface area contributed by atoms with Crippen LogP contribution < -0.4 is 9.80 Å². The summed E-state index contributed by atoms with van der Waals surface area (Å²) in [5, 5.41) is 21.1. The van der Waals surface area contributed by atoms with Gasteiger partial charge >= 0.3 is 5.97 Å². The Kier molecular flexibility index (Phi) is 7.18. The number of piperidine rings is 1. The Morgan fingerprint density at radius 3 is 2.71 bits per heavy atom. The number of piperazine rings is 1. The summed E-state index contributed by atoms with van der Waals surface area (Å²) in [6, 6.07) is 14.5. The second-order valence-corrected chi connectivity index (χ2v) is 10.1. The largest absolute Gasteiger partial charge is 0.466 e. The van der Waals surface area contributed by atoms with Gasteiger partial charge in [-0.05, 0) is 49.9 Å². The monoisotopic (exact) mass is 517 g/mol. The maximum atomic E-state index is 14.1. The van der Waals surface area contributed by atoms with Gasteiger partial charge < -0.3 is 19.4 Å². The van der Waals surface area contributed by atoms with Crippen LogP contribution in [-0.2, 0) is 20.7 Å². The fourth-order valence-electron chi connectivity index (χ4n) is 6.13. The molecule has 0 N–H and O–H groups in total. The molecule has 2 aromatic rings. The van der Waals surface area contributed by atoms with E-state index in [0.29, 0.717) is 57.7 Å². The molecule has 0 aliphatic carbocycles. The number of likely N-dealkylation sites (tertiary alicyclic amines) is 1. The maximum absolute atomic E-state index is 14.1. The summed E-state index contributed by atoms with van der Waals surface area (Å²) in [5.74, 6) is -1.09. The highest BCUT2D eigenvalue weighted by molar-refractivity contribution is 5.84. The molecule has 3 aliphatic rings. The first-order valence-electron chi connectivity index (χ1n) is 13.1. The molecule has 2 fully saturated rings. The molecule has 3 atom stereocenters. The summed E-state index contributed by atoms with van der Waals surface area (Å²) in [4.78, 5) is 43.7. The molecule has 0 radical (unpaired) electrons. The molecule has 0 unspecified atom stereocenters. The smallest absolute Gasteiger partial charge is 0.310 e. The molecule has 0 spiro atoms. The number of hydrogen-bond acceptors (Lipinski definition) is 8. The van der Waals surface area contributed by atoms with Crippen molar-refractivity contribution >= 4 is 28.9 Å². The summed E-state index contributed by atoms with van der Waals surface area (Å²) < 4.78 is 5.23. The van der Waals surface area contributed by atoms with Gasteiger partial charge in [-0.15, -0.1) is 0 Å². The van der Waals surface area contributed by atoms with Crippen molar-refractivity contribution in [2.45, 2.75) is 32.2 Å². The van der Waals surface area contributed by atoms with E-state index >= 15 is 0 Å². The Labute approximate surface area is 221 Å². The minimum atomic E-state index is -0.442. The third-order valence-electron chi connectivity index (χ3n) is 7.94. The van der Waals surface area contributed by atoms with Crippen molar-refractivity contribution in [3.05, 3.63) is 63.7 Å². The standard InChI is InChI=1S/C28H31N5O5/c1-2-38-28(35)20-7-5-11-31(17-20)27(34)23-15-21-14-22(33(36)37)9-10-25(21)32-13-12-30(18-26(23)32)24-8-4-3-6-19(24)16-29/h3-4,6,8-10,14,20,23,26H,2,5,7,11-13,15,17-18H2,1H3/t20-,23-,26+/m1/s1. The number of para-hydroxylation sites is 1. The summed E-state index contributed by atoms with van der Waals surface area (Å²) >= 11 is 0. The number of fused-ring (bicyclic) bond motifs is 3. The highest BCUT2D eigenvalue weighted by Crippen LogP contribution is 2.40. The number of nitro groups is 1. The first kappa shape index (κ1) is 25.5. The topological polar surface area (TPSA) is 120 Å². The summed E-state index contributed by atoms with van der Waals surface area (Å²) in [6.45, 7) is 4.78. The van der Waals surface area contributed by atoms with Crippen molar-refractivity contribution in [1.29, 1.82) is 5.26 Å². The number of nitrogens with zero attached hydrogens (tertiary/aromatic N) is 5. The molecular formula is C28H31N5O5. The van der Waals surface area contributed by atoms with E-state index in [0.717, 1.165) is 23.4 Å². The van der Waals surface area contributed by atoms with Crippen LogP contribution in [0.25, 0.3) is 0 Å². The van der Waals surface area contributed by atoms with Crippen molar-refractivity contribution in [1.82, 2.24) is 4.90 Å². The average Bonchev–Trinajstić information content (AvgIpc) is 2.95. The van der Waals surface area contributed by atoms with Crippen molar-refractivity contribution in [3.63, 3.8) is 0 Å². The summed E-state index contributed by atoms with van der Waals surface area (Å²) in [6.07, 6.45) is 1.79. The van der Waals surface area contributed by atoms with Crippen LogP contribution >= 0.6 is 0 Å². The third-order valence-corrected chi connectivity index (χ3v) is 7.94. The van der Waals surface area contributed by atoms with Crippen LogP contribution in [0.3, 0.4) is 0 Å². The number of nitriles is 1. The number of non-ortho nitro benzene ring substituents is 1. The zero-order chi connectivity index (χ0) is 26.8. The van der Waals surface area contributed by atoms with Crippen LogP contribution in [0.2, 0.25) is 0 Å². The molecule has 2 saturated heterocycles. The summed E-state index contributed by atoms with van der Waals surface area (Å²) in [7, 11) is 0. The lowest BCUT2D eigenvalue weighted by Crippen LogP contribution is -2.62. The van der Waals surface area contributed by atoms with Gasteiger partial charge in [-0.3, -0.25) is 19.7 Å². The second kappa shape index (κ2) is 10.7. The molecule has 3 aliphatic heterocycles. The number of carbonyl (C=O) groups excluding carboxylic acids is 2. The zero-order valence-corrected chi connectivity index (χ0v) is 21.4. The Bertz CT molecular complexity index is 1290. The fourth-order valence-corrected chi connectivity index (χ4v) is 6.13. The lowest BCUT2D eigenvalue weighted by Gasteiger charge is -2.50. The van der Waals surface area contributed by atoms with E-state index in [-0.39, 0.29) is 29.5 Å². The Hall–Kier alpha value is -4.13. The number of carbonyl (C=O) groups is 2. The number of ether oxygens (including phenoxy) is 1. The number of esters is 1. The molecule has 0 saturated carbocycles. The van der Waals surface area contributed by atoms with Crippen molar-refractivity contribution in [2.24, 2.45) is 11.8 Å². The number of amides is 1.